The second-order valence-corrected chi connectivity index (χ2v) is 7.61. The molecule has 0 spiro atoms. The highest BCUT2D eigenvalue weighted by molar-refractivity contribution is 6.36. The highest BCUT2D eigenvalue weighted by Gasteiger charge is 2.22. The zero-order valence-corrected chi connectivity index (χ0v) is 18.8. The predicted molar refractivity (Wildman–Crippen MR) is 122 cm³/mol. The number of ketones is 1. The molecule has 174 valence electrons. The molecule has 1 heterocycles. The van der Waals surface area contributed by atoms with Gasteiger partial charge in [0.05, 0.1) is 34.4 Å². The summed E-state index contributed by atoms with van der Waals surface area (Å²) in [5.74, 6) is -1.48. The molecule has 4 rings (SSSR count). The molecule has 6 nitrogen and oxygen atoms in total. The van der Waals surface area contributed by atoms with Crippen LogP contribution in [-0.2, 0) is 11.3 Å². The van der Waals surface area contributed by atoms with Crippen LogP contribution in [0.5, 0.6) is 11.6 Å². The third-order valence-corrected chi connectivity index (χ3v) is 5.26. The number of ether oxygens (including phenoxy) is 3. The van der Waals surface area contributed by atoms with Crippen molar-refractivity contribution in [2.24, 2.45) is 0 Å². The first-order valence-electron chi connectivity index (χ1n) is 10.2. The average molecular weight is 485 g/mol. The fourth-order valence-corrected chi connectivity index (χ4v) is 3.51. The van der Waals surface area contributed by atoms with E-state index in [-0.39, 0.29) is 34.4 Å². The van der Waals surface area contributed by atoms with E-state index in [9.17, 15) is 13.6 Å². The van der Waals surface area contributed by atoms with Crippen molar-refractivity contribution in [1.29, 1.82) is 0 Å². The van der Waals surface area contributed by atoms with Gasteiger partial charge in [-0.1, -0.05) is 23.7 Å². The summed E-state index contributed by atoms with van der Waals surface area (Å²) in [4.78, 5) is 21.8. The number of benzene rings is 3. The monoisotopic (exact) mass is 484 g/mol. The third-order valence-electron chi connectivity index (χ3n) is 4.89. The van der Waals surface area contributed by atoms with Crippen LogP contribution in [0.25, 0.3) is 11.0 Å². The highest BCUT2D eigenvalue weighted by Crippen LogP contribution is 2.33. The zero-order chi connectivity index (χ0) is 24.1. The van der Waals surface area contributed by atoms with Gasteiger partial charge in [-0.2, -0.15) is 0 Å². The van der Waals surface area contributed by atoms with Crippen molar-refractivity contribution >= 4 is 28.4 Å². The lowest BCUT2D eigenvalue weighted by molar-refractivity contribution is 0.103. The van der Waals surface area contributed by atoms with Gasteiger partial charge in [0, 0.05) is 12.7 Å². The number of carbonyl (C=O) groups is 1. The topological polar surface area (TPSA) is 70.5 Å². The van der Waals surface area contributed by atoms with Gasteiger partial charge in [0.1, 0.15) is 30.6 Å². The Morgan fingerprint density at radius 1 is 1.00 bits per heavy atom. The van der Waals surface area contributed by atoms with Gasteiger partial charge in [-0.05, 0) is 48.0 Å². The van der Waals surface area contributed by atoms with Gasteiger partial charge >= 0.3 is 0 Å². The lowest BCUT2D eigenvalue weighted by Crippen LogP contribution is -2.08. The molecule has 0 N–H and O–H groups in total. The van der Waals surface area contributed by atoms with Gasteiger partial charge in [0.2, 0.25) is 5.88 Å². The van der Waals surface area contributed by atoms with E-state index < -0.39 is 17.4 Å². The summed E-state index contributed by atoms with van der Waals surface area (Å²) >= 11 is 6.35. The molecular formula is C25H19ClF2N2O4. The molecule has 0 atom stereocenters. The molecule has 0 radical (unpaired) electrons. The summed E-state index contributed by atoms with van der Waals surface area (Å²) in [5, 5.41) is -0.177. The number of halogens is 3. The van der Waals surface area contributed by atoms with Gasteiger partial charge in [0.25, 0.3) is 0 Å². The highest BCUT2D eigenvalue weighted by atomic mass is 35.5. The van der Waals surface area contributed by atoms with Crippen LogP contribution in [0, 0.1) is 11.6 Å². The van der Waals surface area contributed by atoms with Gasteiger partial charge in [-0.25, -0.2) is 18.7 Å². The van der Waals surface area contributed by atoms with Crippen molar-refractivity contribution in [3.8, 4) is 11.6 Å². The van der Waals surface area contributed by atoms with E-state index in [1.165, 1.54) is 36.5 Å². The van der Waals surface area contributed by atoms with Crippen molar-refractivity contribution in [3.63, 3.8) is 0 Å². The molecule has 0 unspecified atom stereocenters. The lowest BCUT2D eigenvalue weighted by atomic mass is 10.0. The summed E-state index contributed by atoms with van der Waals surface area (Å²) in [7, 11) is 1.55. The fourth-order valence-electron chi connectivity index (χ4n) is 3.22. The second-order valence-electron chi connectivity index (χ2n) is 7.24. The van der Waals surface area contributed by atoms with Crippen molar-refractivity contribution in [1.82, 2.24) is 9.97 Å². The molecule has 0 aliphatic carbocycles. The molecule has 3 aromatic carbocycles. The van der Waals surface area contributed by atoms with Crippen LogP contribution in [0.2, 0.25) is 5.02 Å². The van der Waals surface area contributed by atoms with E-state index in [1.54, 1.807) is 25.3 Å². The van der Waals surface area contributed by atoms with Gasteiger partial charge in [-0.15, -0.1) is 0 Å². The molecule has 0 bridgehead atoms. The van der Waals surface area contributed by atoms with Crippen molar-refractivity contribution in [3.05, 3.63) is 94.1 Å². The molecule has 0 aliphatic heterocycles. The smallest absolute Gasteiger partial charge is 0.232 e. The molecule has 0 saturated heterocycles. The van der Waals surface area contributed by atoms with Crippen LogP contribution in [0.3, 0.4) is 0 Å². The molecule has 0 amide bonds. The number of nitrogens with zero attached hydrogens (tertiary/aromatic N) is 2. The summed E-state index contributed by atoms with van der Waals surface area (Å²) in [6.45, 7) is 0.667. The van der Waals surface area contributed by atoms with Gasteiger partial charge < -0.3 is 14.2 Å². The van der Waals surface area contributed by atoms with E-state index in [2.05, 4.69) is 9.97 Å². The van der Waals surface area contributed by atoms with Crippen LogP contribution in [-0.4, -0.2) is 36.1 Å². The molecule has 9 heteroatoms. The first kappa shape index (κ1) is 23.5. The van der Waals surface area contributed by atoms with E-state index >= 15 is 0 Å². The van der Waals surface area contributed by atoms with Crippen molar-refractivity contribution in [2.75, 3.05) is 20.3 Å². The Hall–Kier alpha value is -3.62. The van der Waals surface area contributed by atoms with Crippen LogP contribution in [0.1, 0.15) is 21.5 Å². The first-order valence-corrected chi connectivity index (χ1v) is 10.6. The maximum Gasteiger partial charge on any atom is 0.232 e. The lowest BCUT2D eigenvalue weighted by Gasteiger charge is -2.12. The van der Waals surface area contributed by atoms with E-state index in [1.807, 2.05) is 0 Å². The summed E-state index contributed by atoms with van der Waals surface area (Å²) in [6.07, 6.45) is 1.47. The van der Waals surface area contributed by atoms with E-state index in [0.717, 1.165) is 6.07 Å². The van der Waals surface area contributed by atoms with Crippen LogP contribution in [0.15, 0.2) is 60.8 Å². The van der Waals surface area contributed by atoms with Gasteiger partial charge in [-0.3, -0.25) is 4.79 Å². The second kappa shape index (κ2) is 10.5. The quantitative estimate of drug-likeness (QED) is 0.234. The normalized spacial score (nSPS) is 10.9. The number of carbonyl (C=O) groups excluding carboxylic acids is 1. The number of methoxy groups -OCH3 is 1. The van der Waals surface area contributed by atoms with Crippen LogP contribution < -0.4 is 9.47 Å². The third kappa shape index (κ3) is 5.30. The Balaban J connectivity index is 1.60. The molecule has 0 aliphatic rings. The first-order chi connectivity index (χ1) is 16.5. The molecule has 34 heavy (non-hydrogen) atoms. The minimum Gasteiger partial charge on any atom is -0.487 e. The molecule has 4 aromatic rings. The van der Waals surface area contributed by atoms with E-state index in [0.29, 0.717) is 29.8 Å². The number of rotatable bonds is 9. The maximum absolute atomic E-state index is 14.7. The largest absolute Gasteiger partial charge is 0.487 e. The summed E-state index contributed by atoms with van der Waals surface area (Å²) in [5.41, 5.74) is 1.33. The summed E-state index contributed by atoms with van der Waals surface area (Å²) in [6, 6.07) is 12.9. The van der Waals surface area contributed by atoms with Crippen LogP contribution in [0.4, 0.5) is 8.78 Å². The Morgan fingerprint density at radius 3 is 2.65 bits per heavy atom. The number of hydrogen-bond acceptors (Lipinski definition) is 6. The Morgan fingerprint density at radius 2 is 1.85 bits per heavy atom. The SMILES string of the molecule is COCCOc1cnc2ccc(C(=O)c3c(F)ccc(OCc4cccc(F)c4)c3Cl)cc2n1. The molecular weight excluding hydrogens is 466 g/mol. The molecule has 0 fully saturated rings. The number of hydrogen-bond donors (Lipinski definition) is 0. The van der Waals surface area contributed by atoms with Crippen molar-refractivity contribution in [2.45, 2.75) is 6.61 Å². The Bertz CT molecular complexity index is 1350. The predicted octanol–water partition coefficient (Wildman–Crippen LogP) is 5.40. The standard InChI is InChI=1S/C25H19ClF2N2O4/c1-32-9-10-33-22-13-29-19-7-5-16(12-20(19)30-22)25(31)23-18(28)6-8-21(24(23)26)34-14-15-3-2-4-17(27)11-15/h2-8,11-13H,9-10,14H2,1H3. The maximum atomic E-state index is 14.7. The average Bonchev–Trinajstić information content (AvgIpc) is 2.83. The van der Waals surface area contributed by atoms with Crippen LogP contribution >= 0.6 is 11.6 Å². The number of aromatic nitrogens is 2. The minimum atomic E-state index is -0.795. The molecule has 1 aromatic heterocycles. The zero-order valence-electron chi connectivity index (χ0n) is 18.1. The Labute approximate surface area is 199 Å². The van der Waals surface area contributed by atoms with Crippen molar-refractivity contribution < 1.29 is 27.8 Å². The Kier molecular flexibility index (Phi) is 7.30. The number of fused-ring (bicyclic) bond motifs is 1. The molecule has 0 saturated carbocycles. The van der Waals surface area contributed by atoms with E-state index in [4.69, 9.17) is 25.8 Å². The fraction of sp³-hybridized carbons (Fsp3) is 0.160. The van der Waals surface area contributed by atoms with Gasteiger partial charge in [0.15, 0.2) is 5.78 Å². The summed E-state index contributed by atoms with van der Waals surface area (Å²) < 4.78 is 44.1. The minimum absolute atomic E-state index is 0.00580.